The summed E-state index contributed by atoms with van der Waals surface area (Å²) in [5.74, 6) is 0. The number of benzene rings is 1. The van der Waals surface area contributed by atoms with Gasteiger partial charge in [0, 0.05) is 4.88 Å². The van der Waals surface area contributed by atoms with Crippen molar-refractivity contribution < 1.29 is 0 Å². The fraction of sp³-hybridized carbons (Fsp3) is 0.333. The van der Waals surface area contributed by atoms with Crippen molar-refractivity contribution in [1.29, 1.82) is 0 Å². The molecule has 0 amide bonds. The minimum Gasteiger partial charge on any atom is -0.309 e. The van der Waals surface area contributed by atoms with Crippen molar-refractivity contribution in [3.8, 4) is 0 Å². The van der Waals surface area contributed by atoms with Crippen molar-refractivity contribution in [2.24, 2.45) is 0 Å². The summed E-state index contributed by atoms with van der Waals surface area (Å²) in [6, 6.07) is 6.81. The van der Waals surface area contributed by atoms with Gasteiger partial charge in [-0.2, -0.15) is 0 Å². The number of aryl methyl sites for hydroxylation is 3. The molecule has 1 heterocycles. The molecule has 0 bridgehead atoms. The molecule has 1 aromatic heterocycles. The number of rotatable bonds is 3. The molecule has 2 aromatic rings. The Morgan fingerprint density at radius 3 is 2.17 bits per heavy atom. The highest BCUT2D eigenvalue weighted by atomic mass is 35.5. The van der Waals surface area contributed by atoms with E-state index in [0.717, 1.165) is 10.6 Å². The van der Waals surface area contributed by atoms with Crippen molar-refractivity contribution in [3.63, 3.8) is 0 Å². The van der Waals surface area contributed by atoms with Crippen LogP contribution in [0, 0.1) is 20.8 Å². The highest BCUT2D eigenvalue weighted by Gasteiger charge is 2.18. The molecule has 0 radical (unpaired) electrons. The van der Waals surface area contributed by atoms with Gasteiger partial charge in [0.05, 0.1) is 11.1 Å². The standard InChI is InChI=1S/C15H18ClNS/c1-9-5-10(2)7-12(6-9)14(17-4)15-13(16)11(3)8-18-15/h5-8,14,17H,1-4H3. The van der Waals surface area contributed by atoms with Crippen molar-refractivity contribution >= 4 is 22.9 Å². The third kappa shape index (κ3) is 2.61. The Morgan fingerprint density at radius 1 is 1.11 bits per heavy atom. The van der Waals surface area contributed by atoms with Gasteiger partial charge in [-0.25, -0.2) is 0 Å². The van der Waals surface area contributed by atoms with E-state index in [2.05, 4.69) is 49.7 Å². The lowest BCUT2D eigenvalue weighted by molar-refractivity contribution is 0.702. The normalized spacial score (nSPS) is 12.7. The van der Waals surface area contributed by atoms with E-state index < -0.39 is 0 Å². The molecule has 1 unspecified atom stereocenters. The summed E-state index contributed by atoms with van der Waals surface area (Å²) in [5.41, 5.74) is 5.00. The van der Waals surface area contributed by atoms with E-state index in [1.807, 2.05) is 7.05 Å². The molecule has 1 aromatic carbocycles. The lowest BCUT2D eigenvalue weighted by Gasteiger charge is -2.17. The predicted molar refractivity (Wildman–Crippen MR) is 80.9 cm³/mol. The molecule has 0 aliphatic carbocycles. The molecule has 1 atom stereocenters. The van der Waals surface area contributed by atoms with Gasteiger partial charge in [0.1, 0.15) is 0 Å². The molecule has 0 fully saturated rings. The zero-order chi connectivity index (χ0) is 13.3. The molecule has 96 valence electrons. The summed E-state index contributed by atoms with van der Waals surface area (Å²) in [5, 5.41) is 6.37. The van der Waals surface area contributed by atoms with Crippen molar-refractivity contribution in [2.75, 3.05) is 7.05 Å². The molecule has 0 spiro atoms. The van der Waals surface area contributed by atoms with E-state index in [1.54, 1.807) is 11.3 Å². The van der Waals surface area contributed by atoms with Crippen molar-refractivity contribution in [3.05, 3.63) is 55.7 Å². The van der Waals surface area contributed by atoms with E-state index in [1.165, 1.54) is 21.6 Å². The van der Waals surface area contributed by atoms with Crippen molar-refractivity contribution in [2.45, 2.75) is 26.8 Å². The summed E-state index contributed by atoms with van der Waals surface area (Å²) in [6.45, 7) is 6.31. The van der Waals surface area contributed by atoms with Crippen LogP contribution < -0.4 is 5.32 Å². The average Bonchev–Trinajstić information content (AvgIpc) is 2.61. The summed E-state index contributed by atoms with van der Waals surface area (Å²) >= 11 is 8.10. The first-order chi connectivity index (χ1) is 8.52. The average molecular weight is 280 g/mol. The predicted octanol–water partition coefficient (Wildman–Crippen LogP) is 4.64. The Kier molecular flexibility index (Phi) is 4.10. The minimum absolute atomic E-state index is 0.176. The third-order valence-corrected chi connectivity index (χ3v) is 4.83. The van der Waals surface area contributed by atoms with E-state index in [4.69, 9.17) is 11.6 Å². The Morgan fingerprint density at radius 2 is 1.72 bits per heavy atom. The second-order valence-electron chi connectivity index (χ2n) is 4.74. The molecule has 0 saturated carbocycles. The third-order valence-electron chi connectivity index (χ3n) is 3.05. The second kappa shape index (κ2) is 5.43. The van der Waals surface area contributed by atoms with Gasteiger partial charge in [0.2, 0.25) is 0 Å². The number of halogens is 1. The molecule has 0 aliphatic rings. The Bertz CT molecular complexity index is 539. The van der Waals surface area contributed by atoms with Gasteiger partial charge in [0.25, 0.3) is 0 Å². The van der Waals surface area contributed by atoms with Crippen LogP contribution in [0.15, 0.2) is 23.6 Å². The topological polar surface area (TPSA) is 12.0 Å². The van der Waals surface area contributed by atoms with Gasteiger partial charge in [-0.3, -0.25) is 0 Å². The maximum atomic E-state index is 6.38. The lowest BCUT2D eigenvalue weighted by Crippen LogP contribution is -2.17. The molecule has 0 saturated heterocycles. The monoisotopic (exact) mass is 279 g/mol. The number of thiophene rings is 1. The molecule has 2 rings (SSSR count). The van der Waals surface area contributed by atoms with E-state index >= 15 is 0 Å². The van der Waals surface area contributed by atoms with Gasteiger partial charge in [-0.15, -0.1) is 11.3 Å². The number of hydrogen-bond donors (Lipinski definition) is 1. The van der Waals surface area contributed by atoms with Crippen LogP contribution >= 0.6 is 22.9 Å². The van der Waals surface area contributed by atoms with Crippen LogP contribution in [-0.2, 0) is 0 Å². The van der Waals surface area contributed by atoms with Gasteiger partial charge in [-0.05, 0) is 44.3 Å². The zero-order valence-corrected chi connectivity index (χ0v) is 12.7. The molecule has 1 N–H and O–H groups in total. The molecule has 18 heavy (non-hydrogen) atoms. The Hall–Kier alpha value is -0.830. The first-order valence-electron chi connectivity index (χ1n) is 6.02. The second-order valence-corrected chi connectivity index (χ2v) is 6.03. The SMILES string of the molecule is CNC(c1cc(C)cc(C)c1)c1scc(C)c1Cl. The highest BCUT2D eigenvalue weighted by Crippen LogP contribution is 2.35. The van der Waals surface area contributed by atoms with Gasteiger partial charge in [0.15, 0.2) is 0 Å². The highest BCUT2D eigenvalue weighted by molar-refractivity contribution is 7.10. The Labute approximate surface area is 118 Å². The van der Waals surface area contributed by atoms with Crippen LogP contribution in [-0.4, -0.2) is 7.05 Å². The van der Waals surface area contributed by atoms with Crippen LogP contribution in [0.4, 0.5) is 0 Å². The lowest BCUT2D eigenvalue weighted by atomic mass is 10.00. The van der Waals surface area contributed by atoms with Gasteiger partial charge < -0.3 is 5.32 Å². The van der Waals surface area contributed by atoms with E-state index in [9.17, 15) is 0 Å². The van der Waals surface area contributed by atoms with Crippen LogP contribution in [0.5, 0.6) is 0 Å². The van der Waals surface area contributed by atoms with Crippen molar-refractivity contribution in [1.82, 2.24) is 5.32 Å². The smallest absolute Gasteiger partial charge is 0.0684 e. The van der Waals surface area contributed by atoms with Crippen LogP contribution in [0.1, 0.15) is 33.2 Å². The van der Waals surface area contributed by atoms with Crippen LogP contribution in [0.25, 0.3) is 0 Å². The molecule has 0 aliphatic heterocycles. The zero-order valence-electron chi connectivity index (χ0n) is 11.2. The van der Waals surface area contributed by atoms with Crippen LogP contribution in [0.3, 0.4) is 0 Å². The first kappa shape index (κ1) is 13.6. The maximum absolute atomic E-state index is 6.38. The Balaban J connectivity index is 2.48. The molecular formula is C15H18ClNS. The summed E-state index contributed by atoms with van der Waals surface area (Å²) in [7, 11) is 1.98. The maximum Gasteiger partial charge on any atom is 0.0684 e. The van der Waals surface area contributed by atoms with Gasteiger partial charge in [-0.1, -0.05) is 40.9 Å². The minimum atomic E-state index is 0.176. The van der Waals surface area contributed by atoms with E-state index in [-0.39, 0.29) is 6.04 Å². The molecular weight excluding hydrogens is 262 g/mol. The first-order valence-corrected chi connectivity index (χ1v) is 7.27. The van der Waals surface area contributed by atoms with Gasteiger partial charge >= 0.3 is 0 Å². The summed E-state index contributed by atoms with van der Waals surface area (Å²) < 4.78 is 0. The van der Waals surface area contributed by atoms with Crippen LogP contribution in [0.2, 0.25) is 5.02 Å². The van der Waals surface area contributed by atoms with E-state index in [0.29, 0.717) is 0 Å². The molecule has 1 nitrogen and oxygen atoms in total. The number of nitrogens with one attached hydrogen (secondary N) is 1. The fourth-order valence-electron chi connectivity index (χ4n) is 2.27. The summed E-state index contributed by atoms with van der Waals surface area (Å²) in [4.78, 5) is 1.20. The number of hydrogen-bond acceptors (Lipinski definition) is 2. The quantitative estimate of drug-likeness (QED) is 0.863. The fourth-order valence-corrected chi connectivity index (χ4v) is 3.71. The largest absolute Gasteiger partial charge is 0.309 e. The molecule has 3 heteroatoms. The summed E-state index contributed by atoms with van der Waals surface area (Å²) in [6.07, 6.45) is 0.